The van der Waals surface area contributed by atoms with Gasteiger partial charge in [-0.1, -0.05) is 54.6 Å². The van der Waals surface area contributed by atoms with Gasteiger partial charge in [-0.25, -0.2) is 0 Å². The van der Waals surface area contributed by atoms with Crippen LogP contribution in [0.15, 0.2) is 60.3 Å². The SMILES string of the molecule is C=CCn1c(CCCOc2ccc(Cl)cc2C)nnc1SCC(=O)Nc1ccccc1CC. The van der Waals surface area contributed by atoms with Crippen LogP contribution in [0.25, 0.3) is 0 Å². The number of hydrogen-bond donors (Lipinski definition) is 1. The highest BCUT2D eigenvalue weighted by Crippen LogP contribution is 2.23. The fourth-order valence-corrected chi connectivity index (χ4v) is 4.37. The summed E-state index contributed by atoms with van der Waals surface area (Å²) in [5.74, 6) is 1.87. The number of para-hydroxylation sites is 1. The normalized spacial score (nSPS) is 10.8. The minimum absolute atomic E-state index is 0.0673. The van der Waals surface area contributed by atoms with E-state index in [1.807, 2.05) is 60.0 Å². The van der Waals surface area contributed by atoms with Crippen molar-refractivity contribution in [1.29, 1.82) is 0 Å². The Morgan fingerprint density at radius 3 is 2.85 bits per heavy atom. The molecule has 0 fully saturated rings. The number of carbonyl (C=O) groups excluding carboxylic acids is 1. The number of hydrogen-bond acceptors (Lipinski definition) is 5. The van der Waals surface area contributed by atoms with Gasteiger partial charge in [-0.3, -0.25) is 4.79 Å². The maximum absolute atomic E-state index is 12.5. The number of thioether (sulfide) groups is 1. The molecule has 3 aromatic rings. The van der Waals surface area contributed by atoms with E-state index in [9.17, 15) is 4.79 Å². The lowest BCUT2D eigenvalue weighted by Crippen LogP contribution is -2.16. The van der Waals surface area contributed by atoms with Crippen molar-refractivity contribution in [2.24, 2.45) is 0 Å². The molecule has 0 spiro atoms. The van der Waals surface area contributed by atoms with E-state index in [1.54, 1.807) is 0 Å². The average Bonchev–Trinajstić information content (AvgIpc) is 3.18. The summed E-state index contributed by atoms with van der Waals surface area (Å²) in [6.45, 7) is 9.03. The molecule has 6 nitrogen and oxygen atoms in total. The van der Waals surface area contributed by atoms with Gasteiger partial charge in [0, 0.05) is 23.7 Å². The first kappa shape index (κ1) is 24.9. The lowest BCUT2D eigenvalue weighted by molar-refractivity contribution is -0.113. The third-order valence-electron chi connectivity index (χ3n) is 5.05. The molecule has 1 aromatic heterocycles. The third kappa shape index (κ3) is 7.11. The molecule has 8 heteroatoms. The largest absolute Gasteiger partial charge is 0.493 e. The molecule has 0 saturated carbocycles. The Kier molecular flexibility index (Phi) is 9.39. The van der Waals surface area contributed by atoms with Crippen LogP contribution in [0.4, 0.5) is 5.69 Å². The first-order valence-corrected chi connectivity index (χ1v) is 12.3. The Morgan fingerprint density at radius 1 is 1.27 bits per heavy atom. The molecule has 0 aliphatic heterocycles. The van der Waals surface area contributed by atoms with Crippen LogP contribution in [0, 0.1) is 6.92 Å². The van der Waals surface area contributed by atoms with Gasteiger partial charge in [-0.15, -0.1) is 16.8 Å². The minimum atomic E-state index is -0.0673. The van der Waals surface area contributed by atoms with Gasteiger partial charge in [0.2, 0.25) is 5.91 Å². The Balaban J connectivity index is 1.54. The fourth-order valence-electron chi connectivity index (χ4n) is 3.38. The average molecular weight is 485 g/mol. The quantitative estimate of drug-likeness (QED) is 0.202. The molecular weight excluding hydrogens is 456 g/mol. The smallest absolute Gasteiger partial charge is 0.234 e. The van der Waals surface area contributed by atoms with Crippen molar-refractivity contribution in [3.63, 3.8) is 0 Å². The monoisotopic (exact) mass is 484 g/mol. The first-order chi connectivity index (χ1) is 16.0. The number of nitrogens with zero attached hydrogens (tertiary/aromatic N) is 3. The van der Waals surface area contributed by atoms with Crippen molar-refractivity contribution >= 4 is 35.0 Å². The minimum Gasteiger partial charge on any atom is -0.493 e. The first-order valence-electron chi connectivity index (χ1n) is 10.9. The molecule has 0 aliphatic rings. The predicted molar refractivity (Wildman–Crippen MR) is 135 cm³/mol. The van der Waals surface area contributed by atoms with Crippen LogP contribution >= 0.6 is 23.4 Å². The number of allylic oxidation sites excluding steroid dienone is 1. The molecule has 0 bridgehead atoms. The summed E-state index contributed by atoms with van der Waals surface area (Å²) in [6.07, 6.45) is 4.17. The Hall–Kier alpha value is -2.77. The van der Waals surface area contributed by atoms with Gasteiger partial charge in [0.25, 0.3) is 0 Å². The van der Waals surface area contributed by atoms with Crippen LogP contribution in [-0.4, -0.2) is 33.0 Å². The van der Waals surface area contributed by atoms with Gasteiger partial charge in [0.1, 0.15) is 11.6 Å². The molecule has 1 amide bonds. The summed E-state index contributed by atoms with van der Waals surface area (Å²) in [4.78, 5) is 12.5. The zero-order valence-electron chi connectivity index (χ0n) is 19.0. The van der Waals surface area contributed by atoms with E-state index < -0.39 is 0 Å². The van der Waals surface area contributed by atoms with Crippen LogP contribution in [0.1, 0.15) is 30.3 Å². The number of carbonyl (C=O) groups is 1. The molecular formula is C25H29ClN4O2S. The highest BCUT2D eigenvalue weighted by Gasteiger charge is 2.14. The van der Waals surface area contributed by atoms with E-state index in [2.05, 4.69) is 29.0 Å². The molecule has 0 atom stereocenters. The van der Waals surface area contributed by atoms with Crippen LogP contribution in [0.3, 0.4) is 0 Å². The number of rotatable bonds is 12. The Labute approximate surface area is 204 Å². The number of anilines is 1. The molecule has 0 radical (unpaired) electrons. The summed E-state index contributed by atoms with van der Waals surface area (Å²) in [6, 6.07) is 13.4. The number of nitrogens with one attached hydrogen (secondary N) is 1. The topological polar surface area (TPSA) is 69.0 Å². The van der Waals surface area contributed by atoms with Gasteiger partial charge in [-0.2, -0.15) is 0 Å². The van der Waals surface area contributed by atoms with E-state index in [0.717, 1.165) is 41.2 Å². The lowest BCUT2D eigenvalue weighted by atomic mass is 10.1. The zero-order valence-corrected chi connectivity index (χ0v) is 20.6. The number of aryl methyl sites for hydroxylation is 3. The van der Waals surface area contributed by atoms with Gasteiger partial charge >= 0.3 is 0 Å². The van der Waals surface area contributed by atoms with E-state index in [4.69, 9.17) is 16.3 Å². The van der Waals surface area contributed by atoms with Gasteiger partial charge in [0.15, 0.2) is 5.16 Å². The van der Waals surface area contributed by atoms with Crippen molar-refractivity contribution < 1.29 is 9.53 Å². The molecule has 0 aliphatic carbocycles. The van der Waals surface area contributed by atoms with Gasteiger partial charge < -0.3 is 14.6 Å². The molecule has 3 rings (SSSR count). The second kappa shape index (κ2) is 12.5. The third-order valence-corrected chi connectivity index (χ3v) is 6.25. The second-order valence-electron chi connectivity index (χ2n) is 7.51. The van der Waals surface area contributed by atoms with Gasteiger partial charge in [0.05, 0.1) is 12.4 Å². The predicted octanol–water partition coefficient (Wildman–Crippen LogP) is 5.73. The van der Waals surface area contributed by atoms with E-state index in [-0.39, 0.29) is 11.7 Å². The fraction of sp³-hybridized carbons (Fsp3) is 0.320. The summed E-state index contributed by atoms with van der Waals surface area (Å²) < 4.78 is 7.88. The van der Waals surface area contributed by atoms with Crippen molar-refractivity contribution in [3.8, 4) is 5.75 Å². The number of amides is 1. The highest BCUT2D eigenvalue weighted by atomic mass is 35.5. The van der Waals surface area contributed by atoms with E-state index in [1.165, 1.54) is 11.8 Å². The molecule has 0 saturated heterocycles. The van der Waals surface area contributed by atoms with Gasteiger partial charge in [-0.05, 0) is 55.2 Å². The van der Waals surface area contributed by atoms with Crippen LogP contribution in [-0.2, 0) is 24.2 Å². The number of aromatic nitrogens is 3. The zero-order chi connectivity index (χ0) is 23.6. The Morgan fingerprint density at radius 2 is 2.09 bits per heavy atom. The van der Waals surface area contributed by atoms with E-state index in [0.29, 0.717) is 29.8 Å². The second-order valence-corrected chi connectivity index (χ2v) is 8.89. The summed E-state index contributed by atoms with van der Waals surface area (Å²) in [5, 5.41) is 13.0. The maximum atomic E-state index is 12.5. The molecule has 33 heavy (non-hydrogen) atoms. The van der Waals surface area contributed by atoms with Crippen LogP contribution in [0.5, 0.6) is 5.75 Å². The van der Waals surface area contributed by atoms with Crippen LogP contribution < -0.4 is 10.1 Å². The van der Waals surface area contributed by atoms with Crippen molar-refractivity contribution in [1.82, 2.24) is 14.8 Å². The molecule has 2 aromatic carbocycles. The highest BCUT2D eigenvalue weighted by molar-refractivity contribution is 7.99. The molecule has 0 unspecified atom stereocenters. The lowest BCUT2D eigenvalue weighted by Gasteiger charge is -2.11. The number of ether oxygens (including phenoxy) is 1. The molecule has 1 N–H and O–H groups in total. The standard InChI is InChI=1S/C25H29ClN4O2S/c1-4-14-30-23(11-8-15-32-22-13-12-20(26)16-18(22)3)28-29-25(30)33-17-24(31)27-21-10-7-6-9-19(21)5-2/h4,6-7,9-10,12-13,16H,1,5,8,11,14-15,17H2,2-3H3,(H,27,31). The van der Waals surface area contributed by atoms with Crippen molar-refractivity contribution in [2.45, 2.75) is 44.8 Å². The van der Waals surface area contributed by atoms with E-state index >= 15 is 0 Å². The summed E-state index contributed by atoms with van der Waals surface area (Å²) in [5.41, 5.74) is 2.98. The summed E-state index contributed by atoms with van der Waals surface area (Å²) >= 11 is 7.37. The summed E-state index contributed by atoms with van der Waals surface area (Å²) in [7, 11) is 0. The number of halogens is 1. The van der Waals surface area contributed by atoms with Crippen LogP contribution in [0.2, 0.25) is 5.02 Å². The maximum Gasteiger partial charge on any atom is 0.234 e. The Bertz CT molecular complexity index is 1100. The molecule has 1 heterocycles. The van der Waals surface area contributed by atoms with Crippen molar-refractivity contribution in [3.05, 3.63) is 77.1 Å². The molecule has 174 valence electrons. The van der Waals surface area contributed by atoms with Crippen molar-refractivity contribution in [2.75, 3.05) is 17.7 Å². The number of benzene rings is 2.